The summed E-state index contributed by atoms with van der Waals surface area (Å²) in [5, 5.41) is 0.288. The largest absolute Gasteiger partial charge is 0.413 e. The topological polar surface area (TPSA) is 35.5 Å². The second kappa shape index (κ2) is 8.94. The van der Waals surface area contributed by atoms with Crippen molar-refractivity contribution in [2.24, 2.45) is 0 Å². The molecule has 0 heterocycles. The molecule has 0 saturated heterocycles. The summed E-state index contributed by atoms with van der Waals surface area (Å²) in [7, 11) is -3.76. The molecule has 1 aliphatic rings. The minimum Gasteiger partial charge on any atom is -0.413 e. The summed E-state index contributed by atoms with van der Waals surface area (Å²) < 4.78 is 12.8. The van der Waals surface area contributed by atoms with Crippen molar-refractivity contribution in [2.75, 3.05) is 13.2 Å². The third kappa shape index (κ3) is 6.12. The molecule has 160 valence electrons. The van der Waals surface area contributed by atoms with Crippen LogP contribution in [0.1, 0.15) is 54.4 Å². The summed E-state index contributed by atoms with van der Waals surface area (Å²) in [6.45, 7) is 27.3. The minimum absolute atomic E-state index is 0.134. The van der Waals surface area contributed by atoms with E-state index in [1.165, 1.54) is 0 Å². The molecule has 0 fully saturated rings. The fraction of sp³-hybridized carbons (Fsp3) is 0.696. The number of carbonyl (C=O) groups excluding carboxylic acids is 1. The van der Waals surface area contributed by atoms with Crippen molar-refractivity contribution in [2.45, 2.75) is 90.6 Å². The van der Waals surface area contributed by atoms with E-state index in [1.54, 1.807) is 6.08 Å². The molecule has 0 aliphatic heterocycles. The maximum atomic E-state index is 12.7. The molecule has 0 radical (unpaired) electrons. The first-order valence-corrected chi connectivity index (χ1v) is 16.2. The molecule has 3 nitrogen and oxygen atoms in total. The summed E-state index contributed by atoms with van der Waals surface area (Å²) in [6, 6.07) is 0. The summed E-state index contributed by atoms with van der Waals surface area (Å²) in [6.07, 6.45) is 5.06. The van der Waals surface area contributed by atoms with Gasteiger partial charge in [0.2, 0.25) is 0 Å². The van der Waals surface area contributed by atoms with Gasteiger partial charge in [0.05, 0.1) is 13.2 Å². The second-order valence-electron chi connectivity index (χ2n) is 10.9. The molecule has 0 atom stereocenters. The molecule has 28 heavy (non-hydrogen) atoms. The minimum atomic E-state index is -1.90. The van der Waals surface area contributed by atoms with Crippen molar-refractivity contribution in [3.8, 4) is 0 Å². The highest BCUT2D eigenvalue weighted by Crippen LogP contribution is 2.39. The molecule has 5 heteroatoms. The van der Waals surface area contributed by atoms with Crippen molar-refractivity contribution in [3.05, 3.63) is 35.5 Å². The molecular formula is C23H42O3Si2. The van der Waals surface area contributed by atoms with Gasteiger partial charge >= 0.3 is 0 Å². The summed E-state index contributed by atoms with van der Waals surface area (Å²) in [5.41, 5.74) is 2.91. The van der Waals surface area contributed by atoms with Gasteiger partial charge in [-0.25, -0.2) is 0 Å². The average Bonchev–Trinajstić information content (AvgIpc) is 2.88. The predicted molar refractivity (Wildman–Crippen MR) is 126 cm³/mol. The summed E-state index contributed by atoms with van der Waals surface area (Å²) in [4.78, 5) is 12.7. The Hall–Kier alpha value is -0.756. The van der Waals surface area contributed by atoms with Crippen LogP contribution in [-0.4, -0.2) is 35.6 Å². The van der Waals surface area contributed by atoms with Crippen molar-refractivity contribution < 1.29 is 13.6 Å². The predicted octanol–water partition coefficient (Wildman–Crippen LogP) is 6.80. The highest BCUT2D eigenvalue weighted by molar-refractivity contribution is 6.74. The quantitative estimate of drug-likeness (QED) is 0.318. The number of rotatable bonds is 8. The summed E-state index contributed by atoms with van der Waals surface area (Å²) in [5.74, 6) is 0.209. The molecule has 0 aromatic heterocycles. The average molecular weight is 423 g/mol. The van der Waals surface area contributed by atoms with Gasteiger partial charge in [-0.15, -0.1) is 0 Å². The third-order valence-corrected chi connectivity index (χ3v) is 15.7. The Kier molecular flexibility index (Phi) is 8.07. The van der Waals surface area contributed by atoms with Crippen LogP contribution in [0, 0.1) is 0 Å². The molecular weight excluding hydrogens is 380 g/mol. The molecule has 0 aromatic rings. The smallest absolute Gasteiger partial charge is 0.192 e. The maximum absolute atomic E-state index is 12.7. The van der Waals surface area contributed by atoms with Crippen LogP contribution in [0.4, 0.5) is 0 Å². The van der Waals surface area contributed by atoms with Crippen LogP contribution in [0.3, 0.4) is 0 Å². The highest BCUT2D eigenvalue weighted by atomic mass is 28.4. The molecule has 0 saturated carbocycles. The normalized spacial score (nSPS) is 17.5. The zero-order chi connectivity index (χ0) is 22.0. The molecule has 1 aliphatic carbocycles. The van der Waals surface area contributed by atoms with Crippen molar-refractivity contribution in [3.63, 3.8) is 0 Å². The van der Waals surface area contributed by atoms with Gasteiger partial charge in [0.1, 0.15) is 0 Å². The van der Waals surface area contributed by atoms with E-state index in [9.17, 15) is 4.79 Å². The van der Waals surface area contributed by atoms with Crippen LogP contribution in [0.2, 0.25) is 36.3 Å². The number of ketones is 1. The van der Waals surface area contributed by atoms with Gasteiger partial charge in [-0.1, -0.05) is 60.3 Å². The van der Waals surface area contributed by atoms with Gasteiger partial charge in [-0.2, -0.15) is 0 Å². The Morgan fingerprint density at radius 3 is 1.93 bits per heavy atom. The van der Waals surface area contributed by atoms with Crippen LogP contribution in [0.5, 0.6) is 0 Å². The van der Waals surface area contributed by atoms with Gasteiger partial charge < -0.3 is 8.85 Å². The Morgan fingerprint density at radius 2 is 1.46 bits per heavy atom. The molecule has 0 amide bonds. The van der Waals surface area contributed by atoms with Crippen LogP contribution >= 0.6 is 0 Å². The number of allylic oxidation sites excluding steroid dienone is 2. The van der Waals surface area contributed by atoms with Crippen molar-refractivity contribution in [1.82, 2.24) is 0 Å². The van der Waals surface area contributed by atoms with Gasteiger partial charge in [0.15, 0.2) is 22.4 Å². The van der Waals surface area contributed by atoms with Crippen LogP contribution in [0.15, 0.2) is 35.5 Å². The number of Topliss-reactive ketones (excluding diaryl/α,β-unsaturated/α-hetero) is 1. The molecule has 0 unspecified atom stereocenters. The lowest BCUT2D eigenvalue weighted by atomic mass is 10.0. The second-order valence-corrected chi connectivity index (χ2v) is 20.5. The van der Waals surface area contributed by atoms with Gasteiger partial charge in [-0.3, -0.25) is 4.79 Å². The number of hydrogen-bond acceptors (Lipinski definition) is 3. The Bertz CT molecular complexity index is 656. The Morgan fingerprint density at radius 1 is 0.964 bits per heavy atom. The number of carbonyl (C=O) groups is 1. The molecule has 0 spiro atoms. The van der Waals surface area contributed by atoms with E-state index >= 15 is 0 Å². The highest BCUT2D eigenvalue weighted by Gasteiger charge is 2.39. The van der Waals surface area contributed by atoms with Gasteiger partial charge in [0, 0.05) is 12.0 Å². The van der Waals surface area contributed by atoms with E-state index in [0.29, 0.717) is 19.6 Å². The maximum Gasteiger partial charge on any atom is 0.192 e. The monoisotopic (exact) mass is 422 g/mol. The fourth-order valence-corrected chi connectivity index (χ4v) is 4.48. The van der Waals surface area contributed by atoms with E-state index in [2.05, 4.69) is 74.3 Å². The lowest BCUT2D eigenvalue weighted by Crippen LogP contribution is -2.41. The SMILES string of the molecule is C=C/C=C(/CO[Si](C)(C)C(C)(C)C)C1=C(CO[Si](C)(C)C(C)(C)C)CCC1=O. The van der Waals surface area contributed by atoms with E-state index in [-0.39, 0.29) is 15.9 Å². The van der Waals surface area contributed by atoms with E-state index in [4.69, 9.17) is 8.85 Å². The number of hydrogen-bond donors (Lipinski definition) is 0. The Labute approximate surface area is 175 Å². The van der Waals surface area contributed by atoms with E-state index in [0.717, 1.165) is 23.1 Å². The third-order valence-electron chi connectivity index (χ3n) is 6.73. The van der Waals surface area contributed by atoms with Crippen LogP contribution in [0.25, 0.3) is 0 Å². The fourth-order valence-electron chi connectivity index (χ4n) is 2.57. The lowest BCUT2D eigenvalue weighted by molar-refractivity contribution is -0.114. The first-order valence-electron chi connectivity index (χ1n) is 10.4. The van der Waals surface area contributed by atoms with Crippen molar-refractivity contribution in [1.29, 1.82) is 0 Å². The molecule has 1 rings (SSSR count). The first-order chi connectivity index (χ1) is 12.5. The molecule has 0 bridgehead atoms. The summed E-state index contributed by atoms with van der Waals surface area (Å²) >= 11 is 0. The Balaban J connectivity index is 3.10. The van der Waals surface area contributed by atoms with E-state index in [1.807, 2.05) is 6.08 Å². The van der Waals surface area contributed by atoms with Gasteiger partial charge in [-0.05, 0) is 53.8 Å². The van der Waals surface area contributed by atoms with Crippen LogP contribution < -0.4 is 0 Å². The lowest BCUT2D eigenvalue weighted by Gasteiger charge is -2.37. The molecule has 0 aromatic carbocycles. The van der Waals surface area contributed by atoms with Crippen molar-refractivity contribution >= 4 is 22.4 Å². The van der Waals surface area contributed by atoms with Gasteiger partial charge in [0.25, 0.3) is 0 Å². The zero-order valence-electron chi connectivity index (χ0n) is 19.9. The standard InChI is InChI=1S/C23H42O3Si2/c1-12-13-18(16-25-27(8,9)22(2,3)4)21-19(14-15-20(21)24)17-26-28(10,11)23(5,6)7/h12-13H,1,14-17H2,2-11H3/b18-13-. The van der Waals surface area contributed by atoms with Crippen LogP contribution in [-0.2, 0) is 13.6 Å². The molecule has 0 N–H and O–H groups in total. The van der Waals surface area contributed by atoms with E-state index < -0.39 is 16.6 Å². The first kappa shape index (κ1) is 25.3. The zero-order valence-corrected chi connectivity index (χ0v) is 21.9.